The van der Waals surface area contributed by atoms with Crippen LogP contribution in [0.1, 0.15) is 155 Å². The smallest absolute Gasteiger partial charge is 0.387 e. The summed E-state index contributed by atoms with van der Waals surface area (Å²) in [5.41, 5.74) is 0. The van der Waals surface area contributed by atoms with E-state index in [1.807, 2.05) is 27.2 Å². The summed E-state index contributed by atoms with van der Waals surface area (Å²) in [5.74, 6) is -0.219. The van der Waals surface area contributed by atoms with Crippen molar-refractivity contribution in [3.05, 3.63) is 85.1 Å². The molecule has 322 valence electrons. The highest BCUT2D eigenvalue weighted by Gasteiger charge is 2.27. The van der Waals surface area contributed by atoms with Crippen LogP contribution in [0.25, 0.3) is 0 Å². The average Bonchev–Trinajstić information content (AvgIpc) is 3.15. The van der Waals surface area contributed by atoms with Crippen LogP contribution in [0.15, 0.2) is 85.1 Å². The van der Waals surface area contributed by atoms with Gasteiger partial charge in [-0.25, -0.2) is 4.57 Å². The molecular weight excluding hydrogens is 719 g/mol. The van der Waals surface area contributed by atoms with Crippen molar-refractivity contribution in [3.8, 4) is 0 Å². The Kier molecular flexibility index (Phi) is 36.6. The number of carbonyl (C=O) groups is 1. The summed E-state index contributed by atoms with van der Waals surface area (Å²) in [5, 5.41) is 13.8. The number of hydrogen-bond acceptors (Lipinski definition) is 5. The fourth-order valence-corrected chi connectivity index (χ4v) is 6.33. The molecule has 0 aromatic heterocycles. The standard InChI is InChI=1S/C47H83N2O6P/c1-6-8-10-12-14-16-18-20-22-24-26-28-30-32-34-36-38-40-46(50)45(44-55-56(52,53)54-43-42-49(3,4)5)48-47(51)41-39-37-35-33-31-29-27-25-23-21-19-17-15-13-11-9-7-2/h9,11,15,17,21-24,27,29-30,32,38,40,45-46,50H,6-8,10,12-14,16,18-20,25-26,28,31,33-37,39,41-44H2,1-5H3,(H-,48,51,52,53)/p+1/b11-9-,17-15-,23-21-,24-22+,29-27-,32-30+,40-38+. The lowest BCUT2D eigenvalue weighted by atomic mass is 10.1. The van der Waals surface area contributed by atoms with Gasteiger partial charge in [-0.05, 0) is 83.5 Å². The van der Waals surface area contributed by atoms with E-state index in [9.17, 15) is 19.4 Å². The number of nitrogens with one attached hydrogen (secondary N) is 1. The minimum absolute atomic E-state index is 0.0438. The number of phosphoric ester groups is 1. The number of rotatable bonds is 38. The topological polar surface area (TPSA) is 105 Å². The molecule has 0 bridgehead atoms. The summed E-state index contributed by atoms with van der Waals surface area (Å²) >= 11 is 0. The van der Waals surface area contributed by atoms with Gasteiger partial charge in [0.2, 0.25) is 5.91 Å². The number of nitrogens with zero attached hydrogens (tertiary/aromatic N) is 1. The summed E-state index contributed by atoms with van der Waals surface area (Å²) in [7, 11) is 1.51. The molecule has 3 unspecified atom stereocenters. The first kappa shape index (κ1) is 53.7. The maximum absolute atomic E-state index is 12.9. The number of carbonyl (C=O) groups excluding carboxylic acids is 1. The fraction of sp³-hybridized carbons (Fsp3) is 0.681. The Morgan fingerprint density at radius 3 is 1.64 bits per heavy atom. The number of quaternary nitrogens is 1. The van der Waals surface area contributed by atoms with Gasteiger partial charge in [-0.1, -0.05) is 150 Å². The van der Waals surface area contributed by atoms with Crippen molar-refractivity contribution in [1.82, 2.24) is 5.32 Å². The molecule has 0 radical (unpaired) electrons. The Bertz CT molecular complexity index is 1180. The summed E-state index contributed by atoms with van der Waals surface area (Å²) in [6.45, 7) is 4.62. The van der Waals surface area contributed by atoms with Crippen molar-refractivity contribution in [1.29, 1.82) is 0 Å². The van der Waals surface area contributed by atoms with Crippen molar-refractivity contribution < 1.29 is 32.9 Å². The van der Waals surface area contributed by atoms with E-state index >= 15 is 0 Å². The van der Waals surface area contributed by atoms with Gasteiger partial charge in [0, 0.05) is 6.42 Å². The van der Waals surface area contributed by atoms with Crippen LogP contribution in [0.3, 0.4) is 0 Å². The van der Waals surface area contributed by atoms with Crippen LogP contribution in [0.5, 0.6) is 0 Å². The predicted octanol–water partition coefficient (Wildman–Crippen LogP) is 12.2. The molecule has 9 heteroatoms. The highest BCUT2D eigenvalue weighted by molar-refractivity contribution is 7.47. The number of aliphatic hydroxyl groups is 1. The molecule has 0 saturated carbocycles. The van der Waals surface area contributed by atoms with Crippen molar-refractivity contribution >= 4 is 13.7 Å². The third-order valence-corrected chi connectivity index (χ3v) is 10.1. The van der Waals surface area contributed by atoms with Crippen LogP contribution >= 0.6 is 7.82 Å². The molecular formula is C47H84N2O6P+. The molecule has 0 saturated heterocycles. The molecule has 0 spiro atoms. The third kappa shape index (κ3) is 39.9. The largest absolute Gasteiger partial charge is 0.472 e. The van der Waals surface area contributed by atoms with Gasteiger partial charge >= 0.3 is 7.82 Å². The van der Waals surface area contributed by atoms with Crippen molar-refractivity contribution in [2.45, 2.75) is 167 Å². The zero-order chi connectivity index (χ0) is 41.4. The Balaban J connectivity index is 4.59. The van der Waals surface area contributed by atoms with Gasteiger partial charge in [-0.3, -0.25) is 13.8 Å². The van der Waals surface area contributed by atoms with Crippen LogP contribution in [0.2, 0.25) is 0 Å². The lowest BCUT2D eigenvalue weighted by Crippen LogP contribution is -2.45. The number of amides is 1. The highest BCUT2D eigenvalue weighted by atomic mass is 31.2. The molecule has 56 heavy (non-hydrogen) atoms. The van der Waals surface area contributed by atoms with Gasteiger partial charge in [0.15, 0.2) is 0 Å². The number of hydrogen-bond donors (Lipinski definition) is 3. The van der Waals surface area contributed by atoms with Crippen LogP contribution in [-0.4, -0.2) is 73.4 Å². The highest BCUT2D eigenvalue weighted by Crippen LogP contribution is 2.43. The van der Waals surface area contributed by atoms with Crippen molar-refractivity contribution in [2.75, 3.05) is 40.9 Å². The second-order valence-electron chi connectivity index (χ2n) is 15.7. The normalized spacial score (nSPS) is 15.2. The molecule has 0 aromatic rings. The third-order valence-electron chi connectivity index (χ3n) is 9.08. The zero-order valence-corrected chi connectivity index (χ0v) is 37.2. The lowest BCUT2D eigenvalue weighted by molar-refractivity contribution is -0.870. The monoisotopic (exact) mass is 804 g/mol. The van der Waals surface area contributed by atoms with Crippen LogP contribution in [0.4, 0.5) is 0 Å². The zero-order valence-electron chi connectivity index (χ0n) is 36.3. The molecule has 1 amide bonds. The van der Waals surface area contributed by atoms with E-state index in [2.05, 4.69) is 92.1 Å². The van der Waals surface area contributed by atoms with E-state index in [1.54, 1.807) is 6.08 Å². The summed E-state index contributed by atoms with van der Waals surface area (Å²) < 4.78 is 23.5. The second-order valence-corrected chi connectivity index (χ2v) is 17.1. The Morgan fingerprint density at radius 2 is 1.09 bits per heavy atom. The minimum Gasteiger partial charge on any atom is -0.387 e. The first-order valence-corrected chi connectivity index (χ1v) is 23.5. The van der Waals surface area contributed by atoms with Crippen molar-refractivity contribution in [2.24, 2.45) is 0 Å². The molecule has 0 aliphatic rings. The van der Waals surface area contributed by atoms with Crippen LogP contribution < -0.4 is 5.32 Å². The number of aliphatic hydroxyl groups excluding tert-OH is 1. The minimum atomic E-state index is -4.36. The first-order valence-electron chi connectivity index (χ1n) is 22.0. The molecule has 3 atom stereocenters. The number of allylic oxidation sites excluding steroid dienone is 13. The number of unbranched alkanes of at least 4 members (excludes halogenated alkanes) is 13. The SMILES string of the molecule is CC/C=C\C/C=C\C/C=C\C/C=C\CCCCCCC(=O)NC(COP(=O)(O)OCC[N+](C)(C)C)C(O)/C=C/CC/C=C/CC/C=C/CCCCCCCCC. The number of phosphoric acid groups is 1. The van der Waals surface area contributed by atoms with E-state index in [-0.39, 0.29) is 19.1 Å². The Labute approximate surface area is 344 Å². The van der Waals surface area contributed by atoms with E-state index in [0.29, 0.717) is 17.4 Å². The molecule has 0 aliphatic heterocycles. The fourth-order valence-electron chi connectivity index (χ4n) is 5.59. The summed E-state index contributed by atoms with van der Waals surface area (Å²) in [6.07, 6.45) is 52.2. The maximum atomic E-state index is 12.9. The van der Waals surface area contributed by atoms with Crippen LogP contribution in [0, 0.1) is 0 Å². The summed E-state index contributed by atoms with van der Waals surface area (Å²) in [6, 6.07) is -0.886. The van der Waals surface area contributed by atoms with Gasteiger partial charge in [0.1, 0.15) is 13.2 Å². The van der Waals surface area contributed by atoms with Crippen molar-refractivity contribution in [3.63, 3.8) is 0 Å². The molecule has 8 nitrogen and oxygen atoms in total. The van der Waals surface area contributed by atoms with E-state index < -0.39 is 20.0 Å². The second kappa shape index (κ2) is 38.2. The predicted molar refractivity (Wildman–Crippen MR) is 239 cm³/mol. The Morgan fingerprint density at radius 1 is 0.625 bits per heavy atom. The van der Waals surface area contributed by atoms with Gasteiger partial charge in [0.25, 0.3) is 0 Å². The molecule has 0 aromatic carbocycles. The first-order chi connectivity index (χ1) is 27.0. The molecule has 0 heterocycles. The number of likely N-dealkylation sites (N-methyl/N-ethyl adjacent to an activating group) is 1. The maximum Gasteiger partial charge on any atom is 0.472 e. The van der Waals surface area contributed by atoms with Gasteiger partial charge < -0.3 is 19.8 Å². The molecule has 0 aliphatic carbocycles. The lowest BCUT2D eigenvalue weighted by Gasteiger charge is -2.25. The van der Waals surface area contributed by atoms with E-state index in [4.69, 9.17) is 9.05 Å². The van der Waals surface area contributed by atoms with Gasteiger partial charge in [-0.2, -0.15) is 0 Å². The van der Waals surface area contributed by atoms with Gasteiger partial charge in [0.05, 0.1) is 39.9 Å². The van der Waals surface area contributed by atoms with E-state index in [0.717, 1.165) is 83.5 Å². The average molecular weight is 804 g/mol. The van der Waals surface area contributed by atoms with Crippen LogP contribution in [-0.2, 0) is 18.4 Å². The molecule has 3 N–H and O–H groups in total. The quantitative estimate of drug-likeness (QED) is 0.0248. The van der Waals surface area contributed by atoms with E-state index in [1.165, 1.54) is 51.4 Å². The molecule has 0 fully saturated rings. The molecule has 0 rings (SSSR count). The Hall–Kier alpha value is -2.32. The summed E-state index contributed by atoms with van der Waals surface area (Å²) in [4.78, 5) is 23.1. The van der Waals surface area contributed by atoms with Gasteiger partial charge in [-0.15, -0.1) is 0 Å².